The number of carbonyl (C=O) groups is 1. The van der Waals surface area contributed by atoms with Crippen LogP contribution in [0.2, 0.25) is 0 Å². The first-order chi connectivity index (χ1) is 15.3. The van der Waals surface area contributed by atoms with Crippen LogP contribution in [-0.4, -0.2) is 34.0 Å². The van der Waals surface area contributed by atoms with Crippen molar-refractivity contribution >= 4 is 21.6 Å². The van der Waals surface area contributed by atoms with Gasteiger partial charge in [-0.15, -0.1) is 0 Å². The van der Waals surface area contributed by atoms with Crippen LogP contribution in [0, 0.1) is 11.7 Å². The van der Waals surface area contributed by atoms with Crippen LogP contribution in [0.1, 0.15) is 46.5 Å². The van der Waals surface area contributed by atoms with Crippen molar-refractivity contribution in [3.05, 3.63) is 54.3 Å². The lowest BCUT2D eigenvalue weighted by Crippen LogP contribution is -2.42. The SMILES string of the molecule is CCCC[C@@H](CC)CNC(=O)CN(c1ccc(F)cc1)S(=O)(=O)c1ccc(OCC)cc1. The second kappa shape index (κ2) is 12.4. The Morgan fingerprint density at radius 2 is 1.72 bits per heavy atom. The summed E-state index contributed by atoms with van der Waals surface area (Å²) in [6.45, 7) is 6.60. The maximum atomic E-state index is 13.4. The van der Waals surface area contributed by atoms with Gasteiger partial charge < -0.3 is 10.1 Å². The first-order valence-electron chi connectivity index (χ1n) is 11.1. The number of sulfonamides is 1. The zero-order valence-electron chi connectivity index (χ0n) is 19.0. The highest BCUT2D eigenvalue weighted by atomic mass is 32.2. The molecule has 8 heteroatoms. The van der Waals surface area contributed by atoms with Crippen molar-refractivity contribution in [2.45, 2.75) is 51.3 Å². The number of halogens is 1. The zero-order valence-corrected chi connectivity index (χ0v) is 19.8. The Morgan fingerprint density at radius 1 is 1.06 bits per heavy atom. The third-order valence-corrected chi connectivity index (χ3v) is 7.04. The van der Waals surface area contributed by atoms with E-state index in [0.29, 0.717) is 24.8 Å². The number of nitrogens with one attached hydrogen (secondary N) is 1. The van der Waals surface area contributed by atoms with Gasteiger partial charge in [0.05, 0.1) is 17.2 Å². The van der Waals surface area contributed by atoms with E-state index < -0.39 is 28.3 Å². The summed E-state index contributed by atoms with van der Waals surface area (Å²) in [6, 6.07) is 11.1. The number of carbonyl (C=O) groups excluding carboxylic acids is 1. The molecule has 6 nitrogen and oxygen atoms in total. The summed E-state index contributed by atoms with van der Waals surface area (Å²) in [5.74, 6) is 0.00761. The monoisotopic (exact) mass is 464 g/mol. The maximum Gasteiger partial charge on any atom is 0.264 e. The minimum Gasteiger partial charge on any atom is -0.494 e. The molecule has 1 N–H and O–H groups in total. The average Bonchev–Trinajstić information content (AvgIpc) is 2.79. The van der Waals surface area contributed by atoms with E-state index in [2.05, 4.69) is 19.2 Å². The molecule has 0 aliphatic carbocycles. The zero-order chi connectivity index (χ0) is 23.6. The minimum atomic E-state index is -4.06. The van der Waals surface area contributed by atoms with Crippen molar-refractivity contribution in [1.82, 2.24) is 5.32 Å². The van der Waals surface area contributed by atoms with E-state index in [0.717, 1.165) is 30.0 Å². The number of rotatable bonds is 13. The lowest BCUT2D eigenvalue weighted by Gasteiger charge is -2.25. The van der Waals surface area contributed by atoms with Crippen LogP contribution in [0.25, 0.3) is 0 Å². The van der Waals surface area contributed by atoms with Gasteiger partial charge in [0, 0.05) is 6.54 Å². The van der Waals surface area contributed by atoms with Gasteiger partial charge in [0.1, 0.15) is 18.1 Å². The fourth-order valence-corrected chi connectivity index (χ4v) is 4.73. The molecule has 0 saturated heterocycles. The molecule has 32 heavy (non-hydrogen) atoms. The maximum absolute atomic E-state index is 13.4. The largest absolute Gasteiger partial charge is 0.494 e. The predicted molar refractivity (Wildman–Crippen MR) is 125 cm³/mol. The van der Waals surface area contributed by atoms with Gasteiger partial charge in [0.25, 0.3) is 10.0 Å². The molecule has 1 atom stereocenters. The Morgan fingerprint density at radius 3 is 2.28 bits per heavy atom. The molecule has 0 radical (unpaired) electrons. The number of nitrogens with zero attached hydrogens (tertiary/aromatic N) is 1. The van der Waals surface area contributed by atoms with Gasteiger partial charge in [0.15, 0.2) is 0 Å². The van der Waals surface area contributed by atoms with E-state index in [1.807, 2.05) is 6.92 Å². The Kier molecular flexibility index (Phi) is 9.97. The second-order valence-corrected chi connectivity index (χ2v) is 9.48. The fraction of sp³-hybridized carbons (Fsp3) is 0.458. The van der Waals surface area contributed by atoms with Crippen molar-refractivity contribution < 1.29 is 22.3 Å². The van der Waals surface area contributed by atoms with Crippen molar-refractivity contribution in [2.24, 2.45) is 5.92 Å². The number of hydrogen-bond donors (Lipinski definition) is 1. The van der Waals surface area contributed by atoms with Crippen LogP contribution in [0.4, 0.5) is 10.1 Å². The number of hydrogen-bond acceptors (Lipinski definition) is 4. The van der Waals surface area contributed by atoms with Crippen LogP contribution >= 0.6 is 0 Å². The molecule has 0 unspecified atom stereocenters. The van der Waals surface area contributed by atoms with Gasteiger partial charge in [-0.3, -0.25) is 9.10 Å². The highest BCUT2D eigenvalue weighted by Crippen LogP contribution is 2.25. The summed E-state index contributed by atoms with van der Waals surface area (Å²) in [5.41, 5.74) is 0.216. The molecular formula is C24H33FN2O4S. The Balaban J connectivity index is 2.24. The van der Waals surface area contributed by atoms with Crippen LogP contribution in [0.5, 0.6) is 5.75 Å². The summed E-state index contributed by atoms with van der Waals surface area (Å²) in [6.07, 6.45) is 4.12. The third-order valence-electron chi connectivity index (χ3n) is 5.26. The van der Waals surface area contributed by atoms with Crippen molar-refractivity contribution in [1.29, 1.82) is 0 Å². The van der Waals surface area contributed by atoms with E-state index in [1.54, 1.807) is 12.1 Å². The van der Waals surface area contributed by atoms with Gasteiger partial charge in [-0.25, -0.2) is 12.8 Å². The second-order valence-electron chi connectivity index (χ2n) is 7.61. The van der Waals surface area contributed by atoms with E-state index in [4.69, 9.17) is 4.74 Å². The molecule has 0 spiro atoms. The molecule has 0 fully saturated rings. The Hall–Kier alpha value is -2.61. The third kappa shape index (κ3) is 7.22. The summed E-state index contributed by atoms with van der Waals surface area (Å²) >= 11 is 0. The number of anilines is 1. The first kappa shape index (κ1) is 25.6. The highest BCUT2D eigenvalue weighted by molar-refractivity contribution is 7.92. The Bertz CT molecular complexity index is 947. The summed E-state index contributed by atoms with van der Waals surface area (Å²) < 4.78 is 46.6. The van der Waals surface area contributed by atoms with E-state index >= 15 is 0 Å². The van der Waals surface area contributed by atoms with Gasteiger partial charge in [-0.1, -0.05) is 33.1 Å². The molecule has 0 aromatic heterocycles. The molecule has 0 saturated carbocycles. The van der Waals surface area contributed by atoms with Gasteiger partial charge in [0.2, 0.25) is 5.91 Å². The topological polar surface area (TPSA) is 75.7 Å². The molecule has 2 rings (SSSR count). The number of unbranched alkanes of at least 4 members (excludes halogenated alkanes) is 1. The summed E-state index contributed by atoms with van der Waals surface area (Å²) in [5, 5.41) is 2.86. The van der Waals surface area contributed by atoms with E-state index in [-0.39, 0.29) is 10.6 Å². The molecule has 2 aromatic carbocycles. The van der Waals surface area contributed by atoms with Gasteiger partial charge in [-0.05, 0) is 67.8 Å². The van der Waals surface area contributed by atoms with Crippen LogP contribution < -0.4 is 14.4 Å². The molecule has 0 heterocycles. The van der Waals surface area contributed by atoms with Crippen LogP contribution in [0.15, 0.2) is 53.4 Å². The fourth-order valence-electron chi connectivity index (χ4n) is 3.31. The quantitative estimate of drug-likeness (QED) is 0.464. The molecule has 0 aliphatic heterocycles. The van der Waals surface area contributed by atoms with Crippen LogP contribution in [-0.2, 0) is 14.8 Å². The minimum absolute atomic E-state index is 0.0208. The summed E-state index contributed by atoms with van der Waals surface area (Å²) in [4.78, 5) is 12.7. The number of benzene rings is 2. The van der Waals surface area contributed by atoms with Crippen molar-refractivity contribution in [3.63, 3.8) is 0 Å². The van der Waals surface area contributed by atoms with Crippen molar-refractivity contribution in [3.8, 4) is 5.75 Å². The van der Waals surface area contributed by atoms with E-state index in [1.165, 1.54) is 36.4 Å². The molecule has 176 valence electrons. The summed E-state index contributed by atoms with van der Waals surface area (Å²) in [7, 11) is -4.06. The molecular weight excluding hydrogens is 431 g/mol. The predicted octanol–water partition coefficient (Wildman–Crippen LogP) is 4.75. The first-order valence-corrected chi connectivity index (χ1v) is 12.5. The molecule has 1 amide bonds. The lowest BCUT2D eigenvalue weighted by atomic mass is 9.99. The molecule has 2 aromatic rings. The molecule has 0 bridgehead atoms. The Labute approximate surface area is 190 Å². The van der Waals surface area contributed by atoms with Gasteiger partial charge in [-0.2, -0.15) is 0 Å². The number of ether oxygens (including phenoxy) is 1. The van der Waals surface area contributed by atoms with Crippen molar-refractivity contribution in [2.75, 3.05) is 24.0 Å². The van der Waals surface area contributed by atoms with Crippen LogP contribution in [0.3, 0.4) is 0 Å². The normalized spacial score (nSPS) is 12.2. The number of amides is 1. The smallest absolute Gasteiger partial charge is 0.264 e. The van der Waals surface area contributed by atoms with Gasteiger partial charge >= 0.3 is 0 Å². The lowest BCUT2D eigenvalue weighted by molar-refractivity contribution is -0.119. The average molecular weight is 465 g/mol. The molecule has 0 aliphatic rings. The van der Waals surface area contributed by atoms with E-state index in [9.17, 15) is 17.6 Å². The highest BCUT2D eigenvalue weighted by Gasteiger charge is 2.27. The standard InChI is InChI=1S/C24H33FN2O4S/c1-4-7-8-19(5-2)17-26-24(28)18-27(21-11-9-20(25)10-12-21)32(29,30)23-15-13-22(14-16-23)31-6-3/h9-16,19H,4-8,17-18H2,1-3H3,(H,26,28)/t19-/m1/s1.